The molecule has 0 radical (unpaired) electrons. The molecule has 1 aliphatic rings. The van der Waals surface area contributed by atoms with Crippen molar-refractivity contribution in [2.45, 2.75) is 43.5 Å². The summed E-state index contributed by atoms with van der Waals surface area (Å²) in [5, 5.41) is 3.68. The quantitative estimate of drug-likeness (QED) is 0.168. The van der Waals surface area contributed by atoms with Crippen molar-refractivity contribution in [3.05, 3.63) is 35.8 Å². The lowest BCUT2D eigenvalue weighted by Crippen LogP contribution is -2.36. The fourth-order valence-electron chi connectivity index (χ4n) is 2.59. The van der Waals surface area contributed by atoms with E-state index in [0.717, 1.165) is 35.0 Å². The zero-order valence-corrected chi connectivity index (χ0v) is 18.3. The van der Waals surface area contributed by atoms with Crippen LogP contribution in [0, 0.1) is 5.92 Å². The van der Waals surface area contributed by atoms with Gasteiger partial charge in [-0.3, -0.25) is 9.79 Å². The molecule has 0 aliphatic heterocycles. The van der Waals surface area contributed by atoms with Gasteiger partial charge in [-0.25, -0.2) is 15.1 Å². The number of nitrogens with two attached hydrogens (primary N) is 1. The van der Waals surface area contributed by atoms with Gasteiger partial charge >= 0.3 is 0 Å². The number of hydrogen-bond donors (Lipinski definition) is 4. The second-order valence-electron chi connectivity index (χ2n) is 6.84. The number of anilines is 1. The van der Waals surface area contributed by atoms with Gasteiger partial charge in [0.05, 0.1) is 0 Å². The van der Waals surface area contributed by atoms with Crippen molar-refractivity contribution in [2.75, 3.05) is 24.2 Å². The van der Waals surface area contributed by atoms with Gasteiger partial charge in [0.1, 0.15) is 10.9 Å². The van der Waals surface area contributed by atoms with Gasteiger partial charge < -0.3 is 16.6 Å². The lowest BCUT2D eigenvalue weighted by atomic mass is 10.3. The fraction of sp³-hybridized carbons (Fsp3) is 0.400. The first-order chi connectivity index (χ1) is 14.5. The number of amidine groups is 1. The van der Waals surface area contributed by atoms with Gasteiger partial charge in [0.2, 0.25) is 5.91 Å². The van der Waals surface area contributed by atoms with Crippen molar-refractivity contribution in [2.24, 2.45) is 15.9 Å². The predicted molar refractivity (Wildman–Crippen MR) is 120 cm³/mol. The highest BCUT2D eigenvalue weighted by Crippen LogP contribution is 2.31. The van der Waals surface area contributed by atoms with Crippen molar-refractivity contribution in [3.63, 3.8) is 0 Å². The number of nitrogens with one attached hydrogen (secondary N) is 3. The molecule has 0 atom stereocenters. The molecule has 9 nitrogen and oxygen atoms in total. The van der Waals surface area contributed by atoms with Crippen LogP contribution in [0.1, 0.15) is 33.6 Å². The lowest BCUT2D eigenvalue weighted by Gasteiger charge is -2.10. The molecule has 2 aromatic rings. The monoisotopic (exact) mass is 428 g/mol. The van der Waals surface area contributed by atoms with E-state index in [2.05, 4.69) is 31.1 Å². The van der Waals surface area contributed by atoms with Crippen LogP contribution >= 0.6 is 11.8 Å². The van der Waals surface area contributed by atoms with Gasteiger partial charge in [-0.15, -0.1) is 0 Å². The summed E-state index contributed by atoms with van der Waals surface area (Å²) in [6, 6.07) is 9.54. The summed E-state index contributed by atoms with van der Waals surface area (Å²) in [5.74, 6) is 7.43. The number of nitrogens with zero attached hydrogens (tertiary/aromatic N) is 4. The Morgan fingerprint density at radius 3 is 2.67 bits per heavy atom. The standard InChI is InChI=1S/C20H28N8OS/c1-4-22-17-12-18(26-20(28(17)21)24-13(3)27-23-5-2)30-16-10-8-15(9-11-16)25-19(29)14-6-7-14/h8-12,14,23H,4-7,21H2,1-3H3,(H,25,29)(H,24,26,27). The Morgan fingerprint density at radius 2 is 2.03 bits per heavy atom. The molecule has 10 heteroatoms. The van der Waals surface area contributed by atoms with Gasteiger partial charge in [-0.2, -0.15) is 4.99 Å². The van der Waals surface area contributed by atoms with Crippen molar-refractivity contribution in [1.29, 1.82) is 0 Å². The van der Waals surface area contributed by atoms with E-state index < -0.39 is 0 Å². The summed E-state index contributed by atoms with van der Waals surface area (Å²) in [7, 11) is 0. The molecule has 1 aliphatic carbocycles. The summed E-state index contributed by atoms with van der Waals surface area (Å²) < 4.78 is 1.38. The van der Waals surface area contributed by atoms with E-state index in [1.165, 1.54) is 16.4 Å². The summed E-state index contributed by atoms with van der Waals surface area (Å²) in [6.45, 7) is 7.11. The van der Waals surface area contributed by atoms with Gasteiger partial charge in [0.25, 0.3) is 5.95 Å². The number of amides is 1. The van der Waals surface area contributed by atoms with Crippen LogP contribution < -0.4 is 27.5 Å². The Labute approximate surface area is 180 Å². The van der Waals surface area contributed by atoms with E-state index >= 15 is 0 Å². The SMILES string of the molecule is CCN=c1cc(Sc2ccc(NC(=O)C3CC3)cc2)nc(/N=C(\C)NNCC)n1N. The molecule has 3 rings (SSSR count). The Hall–Kier alpha value is -2.85. The maximum Gasteiger partial charge on any atom is 0.253 e. The summed E-state index contributed by atoms with van der Waals surface area (Å²) in [4.78, 5) is 26.4. The van der Waals surface area contributed by atoms with E-state index in [1.54, 1.807) is 0 Å². The van der Waals surface area contributed by atoms with Crippen LogP contribution in [0.4, 0.5) is 11.6 Å². The molecule has 1 aromatic heterocycles. The van der Waals surface area contributed by atoms with Gasteiger partial charge in [0.15, 0.2) is 5.49 Å². The Bertz CT molecular complexity index is 979. The number of rotatable bonds is 8. The van der Waals surface area contributed by atoms with E-state index in [0.29, 0.717) is 23.8 Å². The minimum absolute atomic E-state index is 0.0995. The molecule has 0 bridgehead atoms. The number of benzene rings is 1. The molecule has 160 valence electrons. The number of carbonyl (C=O) groups is 1. The minimum atomic E-state index is 0.0995. The molecule has 1 amide bonds. The molecule has 1 saturated carbocycles. The molecule has 30 heavy (non-hydrogen) atoms. The zero-order chi connectivity index (χ0) is 21.5. The van der Waals surface area contributed by atoms with Crippen molar-refractivity contribution < 1.29 is 4.79 Å². The molecule has 1 heterocycles. The number of hydrazine groups is 1. The molecule has 0 spiro atoms. The molecule has 1 fully saturated rings. The highest BCUT2D eigenvalue weighted by Gasteiger charge is 2.29. The van der Waals surface area contributed by atoms with Crippen LogP contribution in [-0.2, 0) is 4.79 Å². The average molecular weight is 429 g/mol. The topological polar surface area (TPSA) is 122 Å². The molecular formula is C20H28N8OS. The maximum atomic E-state index is 11.9. The highest BCUT2D eigenvalue weighted by molar-refractivity contribution is 7.99. The number of aromatic nitrogens is 2. The van der Waals surface area contributed by atoms with Crippen LogP contribution in [0.5, 0.6) is 0 Å². The number of aliphatic imine (C=N–C) groups is 1. The smallest absolute Gasteiger partial charge is 0.253 e. The second kappa shape index (κ2) is 10.3. The normalized spacial score (nSPS) is 14.6. The Balaban J connectivity index is 1.80. The predicted octanol–water partition coefficient (Wildman–Crippen LogP) is 2.18. The van der Waals surface area contributed by atoms with E-state index in [4.69, 9.17) is 5.84 Å². The lowest BCUT2D eigenvalue weighted by molar-refractivity contribution is -0.117. The van der Waals surface area contributed by atoms with Crippen molar-refractivity contribution in [3.8, 4) is 0 Å². The number of nitrogen functional groups attached to an aromatic ring is 1. The van der Waals surface area contributed by atoms with Crippen molar-refractivity contribution >= 4 is 35.1 Å². The highest BCUT2D eigenvalue weighted by atomic mass is 32.2. The third-order valence-electron chi connectivity index (χ3n) is 4.25. The van der Waals surface area contributed by atoms with E-state index in [9.17, 15) is 4.79 Å². The van der Waals surface area contributed by atoms with E-state index in [1.807, 2.05) is 51.1 Å². The van der Waals surface area contributed by atoms with Gasteiger partial charge in [-0.05, 0) is 51.0 Å². The van der Waals surface area contributed by atoms with Crippen LogP contribution in [0.15, 0.2) is 50.2 Å². The molecule has 1 aromatic carbocycles. The molecule has 5 N–H and O–H groups in total. The first-order valence-electron chi connectivity index (χ1n) is 10.0. The van der Waals surface area contributed by atoms with Crippen LogP contribution in [0.3, 0.4) is 0 Å². The fourth-order valence-corrected chi connectivity index (χ4v) is 3.40. The molecule has 0 saturated heterocycles. The minimum Gasteiger partial charge on any atom is -0.335 e. The average Bonchev–Trinajstić information content (AvgIpc) is 3.57. The van der Waals surface area contributed by atoms with Crippen LogP contribution in [-0.4, -0.2) is 34.5 Å². The summed E-state index contributed by atoms with van der Waals surface area (Å²) >= 11 is 1.48. The van der Waals surface area contributed by atoms with E-state index in [-0.39, 0.29) is 11.8 Å². The number of carbonyl (C=O) groups excluding carboxylic acids is 1. The molecular weight excluding hydrogens is 400 g/mol. The summed E-state index contributed by atoms with van der Waals surface area (Å²) in [5.41, 5.74) is 7.37. The third-order valence-corrected chi connectivity index (χ3v) is 5.18. The Kier molecular flexibility index (Phi) is 7.47. The van der Waals surface area contributed by atoms with Crippen molar-refractivity contribution in [1.82, 2.24) is 20.5 Å². The Morgan fingerprint density at radius 1 is 1.30 bits per heavy atom. The van der Waals surface area contributed by atoms with Crippen LogP contribution in [0.2, 0.25) is 0 Å². The zero-order valence-electron chi connectivity index (χ0n) is 17.5. The third kappa shape index (κ3) is 6.07. The largest absolute Gasteiger partial charge is 0.335 e. The van der Waals surface area contributed by atoms with Crippen LogP contribution in [0.25, 0.3) is 0 Å². The first-order valence-corrected chi connectivity index (χ1v) is 10.8. The number of hydrogen-bond acceptors (Lipinski definition) is 7. The second-order valence-corrected chi connectivity index (χ2v) is 7.93. The van der Waals surface area contributed by atoms with Gasteiger partial charge in [0, 0.05) is 35.7 Å². The molecule has 0 unspecified atom stereocenters. The first kappa shape index (κ1) is 21.8. The maximum absolute atomic E-state index is 11.9. The summed E-state index contributed by atoms with van der Waals surface area (Å²) in [6.07, 6.45) is 1.97. The van der Waals surface area contributed by atoms with Gasteiger partial charge in [-0.1, -0.05) is 18.7 Å².